The van der Waals surface area contributed by atoms with Crippen molar-refractivity contribution in [3.05, 3.63) is 16.3 Å². The Morgan fingerprint density at radius 3 is 2.88 bits per heavy atom. The third-order valence-corrected chi connectivity index (χ3v) is 6.62. The number of amides is 2. The van der Waals surface area contributed by atoms with Crippen molar-refractivity contribution in [1.82, 2.24) is 29.7 Å². The number of fused-ring (bicyclic) bond motifs is 1. The number of urea groups is 1. The monoisotopic (exact) mass is 358 g/mol. The Labute approximate surface area is 139 Å². The predicted octanol–water partition coefficient (Wildman–Crippen LogP) is -0.870. The Morgan fingerprint density at radius 1 is 1.38 bits per heavy atom. The number of H-pyrrole nitrogens is 1. The van der Waals surface area contributed by atoms with E-state index in [9.17, 15) is 18.0 Å². The summed E-state index contributed by atoms with van der Waals surface area (Å²) in [5, 5.41) is 12.0. The molecule has 1 saturated heterocycles. The van der Waals surface area contributed by atoms with Crippen molar-refractivity contribution in [2.24, 2.45) is 0 Å². The van der Waals surface area contributed by atoms with Gasteiger partial charge in [-0.15, -0.1) is 0 Å². The summed E-state index contributed by atoms with van der Waals surface area (Å²) in [6.07, 6.45) is 2.95. The van der Waals surface area contributed by atoms with E-state index in [1.54, 1.807) is 4.57 Å². The lowest BCUT2D eigenvalue weighted by atomic mass is 10.1. The van der Waals surface area contributed by atoms with Gasteiger partial charge in [-0.3, -0.25) is 4.57 Å². The minimum atomic E-state index is -3.18. The van der Waals surface area contributed by atoms with E-state index in [0.717, 1.165) is 12.8 Å². The van der Waals surface area contributed by atoms with Crippen LogP contribution in [0, 0.1) is 0 Å². The molecule has 0 bridgehead atoms. The van der Waals surface area contributed by atoms with Crippen molar-refractivity contribution in [2.45, 2.75) is 44.3 Å². The maximum absolute atomic E-state index is 12.1. The molecule has 1 aromatic heterocycles. The molecule has 11 heteroatoms. The first-order valence-corrected chi connectivity index (χ1v) is 9.64. The maximum Gasteiger partial charge on any atom is 0.343 e. The molecule has 2 amide bonds. The normalized spacial score (nSPS) is 26.5. The summed E-state index contributed by atoms with van der Waals surface area (Å²) in [6, 6.07) is -0.948. The summed E-state index contributed by atoms with van der Waals surface area (Å²) >= 11 is 0. The second-order valence-electron chi connectivity index (χ2n) is 6.22. The van der Waals surface area contributed by atoms with Gasteiger partial charge < -0.3 is 10.6 Å². The van der Waals surface area contributed by atoms with Crippen LogP contribution in [0.25, 0.3) is 0 Å². The van der Waals surface area contributed by atoms with Crippen LogP contribution >= 0.6 is 0 Å². The lowest BCUT2D eigenvalue weighted by molar-refractivity contribution is 0.232. The first kappa shape index (κ1) is 17.0. The number of nitrogens with zero attached hydrogens (tertiary/aromatic N) is 3. The Hall–Kier alpha value is -1.88. The van der Waals surface area contributed by atoms with E-state index in [0.29, 0.717) is 25.2 Å². The van der Waals surface area contributed by atoms with Crippen molar-refractivity contribution >= 4 is 16.1 Å². The molecule has 10 nitrogen and oxygen atoms in total. The third-order valence-electron chi connectivity index (χ3n) is 4.69. The van der Waals surface area contributed by atoms with Crippen molar-refractivity contribution in [1.29, 1.82) is 0 Å². The number of likely N-dealkylation sites (N-methyl/N-ethyl adjacent to an activating group) is 1. The molecule has 2 aliphatic heterocycles. The van der Waals surface area contributed by atoms with Crippen LogP contribution in [-0.4, -0.2) is 58.9 Å². The number of aromatic amines is 1. The van der Waals surface area contributed by atoms with Gasteiger partial charge in [-0.05, 0) is 25.7 Å². The molecule has 2 aliphatic rings. The van der Waals surface area contributed by atoms with E-state index in [1.165, 1.54) is 11.4 Å². The van der Waals surface area contributed by atoms with Crippen molar-refractivity contribution in [3.63, 3.8) is 0 Å². The van der Waals surface area contributed by atoms with Crippen LogP contribution in [-0.2, 0) is 16.6 Å². The Bertz CT molecular complexity index is 770. The molecule has 0 spiro atoms. The molecule has 0 aliphatic carbocycles. The molecule has 2 unspecified atom stereocenters. The summed E-state index contributed by atoms with van der Waals surface area (Å²) in [5.41, 5.74) is -0.267. The summed E-state index contributed by atoms with van der Waals surface area (Å²) in [7, 11) is -1.65. The standard InChI is InChI=1S/C13H22N6O4S/c1-18-9(5-7-24(18,22)23)8-14-12(20)15-10-4-2-3-6-19-11(10)16-17-13(19)21/h9-10H,2-8H2,1H3,(H,17,21)(H2,14,15,20). The van der Waals surface area contributed by atoms with Crippen LogP contribution in [0.3, 0.4) is 0 Å². The van der Waals surface area contributed by atoms with Crippen molar-refractivity contribution in [2.75, 3.05) is 19.3 Å². The summed E-state index contributed by atoms with van der Waals surface area (Å²) in [5.74, 6) is 0.646. The first-order valence-electron chi connectivity index (χ1n) is 8.03. The second kappa shape index (κ2) is 6.55. The summed E-state index contributed by atoms with van der Waals surface area (Å²) in [6.45, 7) is 0.844. The summed E-state index contributed by atoms with van der Waals surface area (Å²) < 4.78 is 26.2. The fraction of sp³-hybridized carbons (Fsp3) is 0.769. The SMILES string of the molecule is CN1C(CNC(=O)NC2CCCCn3c2n[nH]c3=O)CCS1(=O)=O. The van der Waals surface area contributed by atoms with Gasteiger partial charge in [0, 0.05) is 26.2 Å². The number of nitrogens with one attached hydrogen (secondary N) is 3. The average molecular weight is 358 g/mol. The van der Waals surface area contributed by atoms with E-state index in [-0.39, 0.29) is 36.1 Å². The fourth-order valence-corrected chi connectivity index (χ4v) is 4.68. The molecule has 2 atom stereocenters. The van der Waals surface area contributed by atoms with Crippen molar-refractivity contribution < 1.29 is 13.2 Å². The number of rotatable bonds is 3. The number of carbonyl (C=O) groups is 1. The van der Waals surface area contributed by atoms with Crippen molar-refractivity contribution in [3.8, 4) is 0 Å². The zero-order valence-corrected chi connectivity index (χ0v) is 14.3. The molecule has 24 heavy (non-hydrogen) atoms. The van der Waals surface area contributed by atoms with E-state index < -0.39 is 10.0 Å². The minimum absolute atomic E-state index is 0.111. The molecular weight excluding hydrogens is 336 g/mol. The van der Waals surface area contributed by atoms with Gasteiger partial charge in [0.2, 0.25) is 10.0 Å². The Balaban J connectivity index is 1.58. The molecule has 0 saturated carbocycles. The van der Waals surface area contributed by atoms with Crippen LogP contribution in [0.2, 0.25) is 0 Å². The second-order valence-corrected chi connectivity index (χ2v) is 8.36. The van der Waals surface area contributed by atoms with E-state index >= 15 is 0 Å². The molecule has 1 aromatic rings. The molecule has 1 fully saturated rings. The van der Waals surface area contributed by atoms with Gasteiger partial charge in [0.05, 0.1) is 11.8 Å². The molecule has 3 heterocycles. The van der Waals surface area contributed by atoms with Gasteiger partial charge in [-0.25, -0.2) is 27.4 Å². The van der Waals surface area contributed by atoms with E-state index in [2.05, 4.69) is 20.8 Å². The molecule has 0 radical (unpaired) electrons. The highest BCUT2D eigenvalue weighted by Gasteiger charge is 2.34. The zero-order chi connectivity index (χ0) is 17.3. The molecule has 134 valence electrons. The van der Waals surface area contributed by atoms with E-state index in [1.807, 2.05) is 0 Å². The predicted molar refractivity (Wildman–Crippen MR) is 85.9 cm³/mol. The third kappa shape index (κ3) is 3.31. The Kier molecular flexibility index (Phi) is 4.63. The number of hydrogen-bond donors (Lipinski definition) is 3. The Morgan fingerprint density at radius 2 is 2.17 bits per heavy atom. The van der Waals surface area contributed by atoms with Crippen LogP contribution in [0.1, 0.15) is 37.5 Å². The van der Waals surface area contributed by atoms with Gasteiger partial charge in [0.15, 0.2) is 5.82 Å². The minimum Gasteiger partial charge on any atom is -0.337 e. The molecule has 3 N–H and O–H groups in total. The zero-order valence-electron chi connectivity index (χ0n) is 13.5. The largest absolute Gasteiger partial charge is 0.343 e. The highest BCUT2D eigenvalue weighted by molar-refractivity contribution is 7.89. The van der Waals surface area contributed by atoms with Crippen LogP contribution in [0.15, 0.2) is 4.79 Å². The molecule has 3 rings (SSSR count). The van der Waals surface area contributed by atoms with E-state index in [4.69, 9.17) is 0 Å². The van der Waals surface area contributed by atoms with Gasteiger partial charge in [-0.2, -0.15) is 5.10 Å². The van der Waals surface area contributed by atoms with Gasteiger partial charge in [-0.1, -0.05) is 0 Å². The lowest BCUT2D eigenvalue weighted by Gasteiger charge is -2.20. The first-order chi connectivity index (χ1) is 11.4. The fourth-order valence-electron chi connectivity index (χ4n) is 3.18. The number of hydrogen-bond acceptors (Lipinski definition) is 5. The molecule has 0 aromatic carbocycles. The topological polar surface area (TPSA) is 129 Å². The highest BCUT2D eigenvalue weighted by atomic mass is 32.2. The quantitative estimate of drug-likeness (QED) is 0.647. The molecular formula is C13H22N6O4S. The lowest BCUT2D eigenvalue weighted by Crippen LogP contribution is -2.44. The van der Waals surface area contributed by atoms with Gasteiger partial charge in [0.1, 0.15) is 0 Å². The van der Waals surface area contributed by atoms with Gasteiger partial charge >= 0.3 is 11.7 Å². The summed E-state index contributed by atoms with van der Waals surface area (Å²) in [4.78, 5) is 23.8. The van der Waals surface area contributed by atoms with Crippen LogP contribution in [0.5, 0.6) is 0 Å². The number of sulfonamides is 1. The van der Waals surface area contributed by atoms with Gasteiger partial charge in [0.25, 0.3) is 0 Å². The van der Waals surface area contributed by atoms with Crippen LogP contribution in [0.4, 0.5) is 4.79 Å². The smallest absolute Gasteiger partial charge is 0.337 e. The maximum atomic E-state index is 12.1. The highest BCUT2D eigenvalue weighted by Crippen LogP contribution is 2.21. The number of carbonyl (C=O) groups excluding carboxylic acids is 1. The van der Waals surface area contributed by atoms with Crippen LogP contribution < -0.4 is 16.3 Å². The number of aromatic nitrogens is 3. The average Bonchev–Trinajstić information content (AvgIpc) is 2.93.